The number of aromatic nitrogens is 2. The maximum atomic E-state index is 11.1. The highest BCUT2D eigenvalue weighted by Crippen LogP contribution is 2.38. The van der Waals surface area contributed by atoms with E-state index in [2.05, 4.69) is 4.98 Å². The zero-order chi connectivity index (χ0) is 13.6. The third kappa shape index (κ3) is 1.98. The number of carbonyl (C=O) groups is 1. The van der Waals surface area contributed by atoms with E-state index in [0.717, 1.165) is 0 Å². The van der Waals surface area contributed by atoms with Gasteiger partial charge < -0.3 is 19.3 Å². The fourth-order valence-electron chi connectivity index (χ4n) is 2.21. The predicted molar refractivity (Wildman–Crippen MR) is 59.5 cm³/mol. The second-order valence-electron chi connectivity index (χ2n) is 4.40. The third-order valence-electron chi connectivity index (χ3n) is 3.08. The van der Waals surface area contributed by atoms with Crippen LogP contribution in [0.1, 0.15) is 13.2 Å². The number of hydrogen-bond donors (Lipinski definition) is 1. The summed E-state index contributed by atoms with van der Waals surface area (Å²) < 4.78 is 17.3. The summed E-state index contributed by atoms with van der Waals surface area (Å²) >= 11 is 0. The van der Waals surface area contributed by atoms with Crippen molar-refractivity contribution in [1.29, 1.82) is 0 Å². The van der Waals surface area contributed by atoms with Crippen LogP contribution in [0.15, 0.2) is 17.1 Å². The Bertz CT molecular complexity index is 571. The van der Waals surface area contributed by atoms with Crippen LogP contribution < -0.4 is 10.3 Å². The van der Waals surface area contributed by atoms with E-state index in [9.17, 15) is 14.7 Å². The summed E-state index contributed by atoms with van der Waals surface area (Å²) in [5.74, 6) is -0.445. The van der Waals surface area contributed by atoms with E-state index in [1.807, 2.05) is 0 Å². The van der Waals surface area contributed by atoms with Gasteiger partial charge in [0.2, 0.25) is 0 Å². The van der Waals surface area contributed by atoms with Crippen molar-refractivity contribution < 1.29 is 24.1 Å². The van der Waals surface area contributed by atoms with E-state index in [1.54, 1.807) is 0 Å². The highest BCUT2D eigenvalue weighted by molar-refractivity contribution is 5.65. The summed E-state index contributed by atoms with van der Waals surface area (Å²) in [7, 11) is 0. The number of aliphatic hydroxyl groups excluding tert-OH is 1. The van der Waals surface area contributed by atoms with Crippen LogP contribution in [-0.4, -0.2) is 45.5 Å². The van der Waals surface area contributed by atoms with Gasteiger partial charge in [-0.25, -0.2) is 0 Å². The molecule has 4 atom stereocenters. The van der Waals surface area contributed by atoms with Crippen molar-refractivity contribution in [1.82, 2.24) is 9.55 Å². The van der Waals surface area contributed by atoms with Gasteiger partial charge >= 0.3 is 12.0 Å². The molecule has 1 N–H and O–H groups in total. The normalized spacial score (nSPS) is 31.5. The van der Waals surface area contributed by atoms with Crippen molar-refractivity contribution in [2.24, 2.45) is 0 Å². The average molecular weight is 268 g/mol. The molecule has 0 aromatic carbocycles. The molecular formula is C11H12N2O6. The van der Waals surface area contributed by atoms with Gasteiger partial charge in [-0.3, -0.25) is 14.2 Å². The van der Waals surface area contributed by atoms with Crippen LogP contribution >= 0.6 is 0 Å². The van der Waals surface area contributed by atoms with Gasteiger partial charge in [0.1, 0.15) is 18.8 Å². The van der Waals surface area contributed by atoms with Crippen molar-refractivity contribution in [3.05, 3.63) is 22.6 Å². The molecule has 1 aromatic heterocycles. The number of esters is 1. The van der Waals surface area contributed by atoms with Crippen LogP contribution in [0.2, 0.25) is 0 Å². The van der Waals surface area contributed by atoms with E-state index in [1.165, 1.54) is 23.8 Å². The molecule has 102 valence electrons. The predicted octanol–water partition coefficient (Wildman–Crippen LogP) is -1.17. The molecule has 0 aliphatic carbocycles. The van der Waals surface area contributed by atoms with Crippen molar-refractivity contribution in [2.45, 2.75) is 31.5 Å². The molecule has 3 heterocycles. The Morgan fingerprint density at radius 1 is 1.63 bits per heavy atom. The largest absolute Gasteiger partial charge is 0.463 e. The highest BCUT2D eigenvalue weighted by Gasteiger charge is 2.51. The Kier molecular flexibility index (Phi) is 2.76. The number of aliphatic hydroxyl groups is 1. The van der Waals surface area contributed by atoms with Crippen LogP contribution in [0.25, 0.3) is 0 Å². The molecule has 0 amide bonds. The molecule has 0 bridgehead atoms. The molecule has 0 spiro atoms. The fourth-order valence-corrected chi connectivity index (χ4v) is 2.21. The molecule has 1 fully saturated rings. The van der Waals surface area contributed by atoms with Gasteiger partial charge in [0.05, 0.1) is 0 Å². The number of nitrogens with zero attached hydrogens (tertiary/aromatic N) is 2. The van der Waals surface area contributed by atoms with Gasteiger partial charge in [-0.05, 0) is 0 Å². The lowest BCUT2D eigenvalue weighted by Gasteiger charge is -2.16. The second-order valence-corrected chi connectivity index (χ2v) is 4.40. The first kappa shape index (κ1) is 12.1. The van der Waals surface area contributed by atoms with E-state index < -0.39 is 36.1 Å². The maximum absolute atomic E-state index is 11.1. The number of hydrogen-bond acceptors (Lipinski definition) is 7. The summed E-state index contributed by atoms with van der Waals surface area (Å²) in [6.07, 6.45) is -1.35. The molecule has 8 nitrogen and oxygen atoms in total. The fraction of sp³-hybridized carbons (Fsp3) is 0.545. The van der Waals surface area contributed by atoms with Crippen LogP contribution in [0, 0.1) is 0 Å². The molecule has 4 unspecified atom stereocenters. The monoisotopic (exact) mass is 268 g/mol. The van der Waals surface area contributed by atoms with E-state index in [4.69, 9.17) is 14.2 Å². The summed E-state index contributed by atoms with van der Waals surface area (Å²) in [5.41, 5.74) is -0.419. The van der Waals surface area contributed by atoms with Gasteiger partial charge in [-0.2, -0.15) is 4.98 Å². The number of carbonyl (C=O) groups excluding carboxylic acids is 1. The number of fused-ring (bicyclic) bond motifs is 3. The molecule has 19 heavy (non-hydrogen) atoms. The van der Waals surface area contributed by atoms with Crippen LogP contribution in [-0.2, 0) is 14.3 Å². The molecule has 1 saturated heterocycles. The van der Waals surface area contributed by atoms with Gasteiger partial charge in [-0.1, -0.05) is 0 Å². The quantitative estimate of drug-likeness (QED) is 0.674. The minimum absolute atomic E-state index is 0.0458. The van der Waals surface area contributed by atoms with Crippen LogP contribution in [0.5, 0.6) is 6.01 Å². The van der Waals surface area contributed by atoms with Gasteiger partial charge in [0.25, 0.3) is 5.56 Å². The molecule has 2 aliphatic heterocycles. The summed E-state index contributed by atoms with van der Waals surface area (Å²) in [6.45, 7) is 1.23. The zero-order valence-electron chi connectivity index (χ0n) is 10.1. The smallest absolute Gasteiger partial charge is 0.302 e. The summed E-state index contributed by atoms with van der Waals surface area (Å²) in [5, 5.41) is 10.1. The lowest BCUT2D eigenvalue weighted by atomic mass is 10.1. The third-order valence-corrected chi connectivity index (χ3v) is 3.08. The first-order valence-corrected chi connectivity index (χ1v) is 5.79. The number of rotatable bonds is 2. The standard InChI is InChI=1S/C11H12N2O6/c1-5(14)17-4-6-8(16)9-10(18-6)13-3-2-7(15)12-11(13)19-9/h2-3,6,8-10,16H,4H2,1H3. The maximum Gasteiger partial charge on any atom is 0.302 e. The van der Waals surface area contributed by atoms with Crippen LogP contribution in [0.4, 0.5) is 0 Å². The van der Waals surface area contributed by atoms with Gasteiger partial charge in [0, 0.05) is 19.2 Å². The van der Waals surface area contributed by atoms with E-state index in [-0.39, 0.29) is 12.6 Å². The molecule has 3 rings (SSSR count). The molecule has 8 heteroatoms. The van der Waals surface area contributed by atoms with Crippen molar-refractivity contribution in [3.63, 3.8) is 0 Å². The van der Waals surface area contributed by atoms with Gasteiger partial charge in [-0.15, -0.1) is 0 Å². The van der Waals surface area contributed by atoms with Crippen LogP contribution in [0.3, 0.4) is 0 Å². The SMILES string of the molecule is CC(=O)OCC1OC2C(Oc3nc(=O)ccn32)C1O. The molecule has 1 aromatic rings. The minimum atomic E-state index is -0.957. The van der Waals surface area contributed by atoms with Gasteiger partial charge in [0.15, 0.2) is 12.3 Å². The Balaban J connectivity index is 1.79. The topological polar surface area (TPSA) is 99.9 Å². The van der Waals surface area contributed by atoms with E-state index in [0.29, 0.717) is 0 Å². The van der Waals surface area contributed by atoms with E-state index >= 15 is 0 Å². The Morgan fingerprint density at radius 3 is 3.16 bits per heavy atom. The molecule has 0 radical (unpaired) electrons. The average Bonchev–Trinajstić information content (AvgIpc) is 2.84. The second kappa shape index (κ2) is 4.32. The molecule has 2 aliphatic rings. The van der Waals surface area contributed by atoms with Crippen molar-refractivity contribution in [3.8, 4) is 6.01 Å². The van der Waals surface area contributed by atoms with Crippen molar-refractivity contribution in [2.75, 3.05) is 6.61 Å². The Labute approximate surface area is 107 Å². The Hall–Kier alpha value is -1.93. The summed E-state index contributed by atoms with van der Waals surface area (Å²) in [6, 6.07) is 1.40. The lowest BCUT2D eigenvalue weighted by molar-refractivity contribution is -0.147. The van der Waals surface area contributed by atoms with Crippen molar-refractivity contribution >= 4 is 5.97 Å². The highest BCUT2D eigenvalue weighted by atomic mass is 16.6. The first-order valence-electron chi connectivity index (χ1n) is 5.79. The number of ether oxygens (including phenoxy) is 3. The summed E-state index contributed by atoms with van der Waals surface area (Å²) in [4.78, 5) is 25.5. The molecule has 0 saturated carbocycles. The molecular weight excluding hydrogens is 256 g/mol. The minimum Gasteiger partial charge on any atom is -0.463 e. The zero-order valence-corrected chi connectivity index (χ0v) is 10.1. The lowest BCUT2D eigenvalue weighted by Crippen LogP contribution is -2.36. The Morgan fingerprint density at radius 2 is 2.42 bits per heavy atom. The first-order chi connectivity index (χ1) is 9.06.